The van der Waals surface area contributed by atoms with E-state index in [1.807, 2.05) is 11.0 Å². The van der Waals surface area contributed by atoms with Crippen molar-refractivity contribution in [1.29, 1.82) is 0 Å². The van der Waals surface area contributed by atoms with Gasteiger partial charge in [-0.05, 0) is 56.1 Å². The molecule has 6 nitrogen and oxygen atoms in total. The van der Waals surface area contributed by atoms with E-state index < -0.39 is 0 Å². The SMILES string of the molecule is COC(=O)N1CCCC(c2ccn[nH]2)C1COC1CCC(c2ccccc2)CC1. The van der Waals surface area contributed by atoms with Gasteiger partial charge in [0.1, 0.15) is 0 Å². The number of aromatic nitrogens is 2. The Balaban J connectivity index is 1.37. The minimum absolute atomic E-state index is 0.0245. The molecule has 2 unspecified atom stereocenters. The van der Waals surface area contributed by atoms with Gasteiger partial charge in [-0.3, -0.25) is 5.10 Å². The predicted octanol–water partition coefficient (Wildman–Crippen LogP) is 4.47. The van der Waals surface area contributed by atoms with Crippen molar-refractivity contribution < 1.29 is 14.3 Å². The molecule has 29 heavy (non-hydrogen) atoms. The molecule has 0 radical (unpaired) electrons. The molecule has 1 amide bonds. The standard InChI is InChI=1S/C23H31N3O3/c1-28-23(27)26-15-5-8-20(21-13-14-24-25-21)22(26)16-29-19-11-9-18(10-12-19)17-6-3-2-4-7-17/h2-4,6-7,13-14,18-20,22H,5,8-12,15-16H2,1H3,(H,24,25). The maximum Gasteiger partial charge on any atom is 0.409 e. The second-order valence-electron chi connectivity index (χ2n) is 8.21. The Labute approximate surface area is 172 Å². The number of benzene rings is 1. The fourth-order valence-corrected chi connectivity index (χ4v) is 4.97. The quantitative estimate of drug-likeness (QED) is 0.808. The summed E-state index contributed by atoms with van der Waals surface area (Å²) in [5, 5.41) is 7.20. The molecule has 6 heteroatoms. The number of methoxy groups -OCH3 is 1. The number of nitrogens with zero attached hydrogens (tertiary/aromatic N) is 2. The molecule has 1 aromatic carbocycles. The molecule has 2 aliphatic rings. The molecule has 1 N–H and O–H groups in total. The van der Waals surface area contributed by atoms with Gasteiger partial charge in [-0.2, -0.15) is 5.10 Å². The number of aromatic amines is 1. The molecular formula is C23H31N3O3. The van der Waals surface area contributed by atoms with Crippen molar-refractivity contribution >= 4 is 6.09 Å². The second-order valence-corrected chi connectivity index (χ2v) is 8.21. The zero-order valence-electron chi connectivity index (χ0n) is 17.1. The number of hydrogen-bond acceptors (Lipinski definition) is 4. The Bertz CT molecular complexity index is 757. The summed E-state index contributed by atoms with van der Waals surface area (Å²) in [6.45, 7) is 1.26. The van der Waals surface area contributed by atoms with Crippen molar-refractivity contribution in [1.82, 2.24) is 15.1 Å². The molecule has 1 saturated carbocycles. The summed E-state index contributed by atoms with van der Waals surface area (Å²) in [6.07, 6.45) is 8.19. The molecule has 1 aliphatic heterocycles. The van der Waals surface area contributed by atoms with Gasteiger partial charge in [-0.15, -0.1) is 0 Å². The van der Waals surface area contributed by atoms with E-state index in [2.05, 4.69) is 40.5 Å². The van der Waals surface area contributed by atoms with Crippen LogP contribution in [0, 0.1) is 0 Å². The zero-order chi connectivity index (χ0) is 20.1. The van der Waals surface area contributed by atoms with Gasteiger partial charge in [0.2, 0.25) is 0 Å². The number of ether oxygens (including phenoxy) is 2. The van der Waals surface area contributed by atoms with E-state index in [0.29, 0.717) is 19.1 Å². The van der Waals surface area contributed by atoms with Crippen LogP contribution in [0.3, 0.4) is 0 Å². The highest BCUT2D eigenvalue weighted by Gasteiger charge is 2.37. The number of likely N-dealkylation sites (tertiary alicyclic amines) is 1. The monoisotopic (exact) mass is 397 g/mol. The minimum atomic E-state index is -0.268. The molecule has 2 fully saturated rings. The van der Waals surface area contributed by atoms with E-state index in [-0.39, 0.29) is 24.2 Å². The Morgan fingerprint density at radius 3 is 2.62 bits per heavy atom. The molecule has 4 rings (SSSR count). The van der Waals surface area contributed by atoms with Gasteiger partial charge in [-0.25, -0.2) is 4.79 Å². The molecule has 2 aromatic rings. The molecule has 2 atom stereocenters. The molecule has 1 saturated heterocycles. The van der Waals surface area contributed by atoms with Gasteiger partial charge >= 0.3 is 6.09 Å². The topological polar surface area (TPSA) is 67.5 Å². The van der Waals surface area contributed by atoms with Gasteiger partial charge in [0, 0.05) is 24.4 Å². The van der Waals surface area contributed by atoms with E-state index in [9.17, 15) is 4.79 Å². The van der Waals surface area contributed by atoms with Crippen LogP contribution in [0.25, 0.3) is 0 Å². The normalized spacial score (nSPS) is 27.6. The van der Waals surface area contributed by atoms with Crippen LogP contribution in [-0.2, 0) is 9.47 Å². The second kappa shape index (κ2) is 9.44. The first-order valence-electron chi connectivity index (χ1n) is 10.8. The van der Waals surface area contributed by atoms with Crippen LogP contribution in [0.5, 0.6) is 0 Å². The Hall–Kier alpha value is -2.34. The Kier molecular flexibility index (Phi) is 6.49. The minimum Gasteiger partial charge on any atom is -0.453 e. The highest BCUT2D eigenvalue weighted by atomic mass is 16.5. The van der Waals surface area contributed by atoms with Crippen molar-refractivity contribution in [2.75, 3.05) is 20.3 Å². The lowest BCUT2D eigenvalue weighted by Gasteiger charge is -2.41. The molecule has 1 aliphatic carbocycles. The summed E-state index contributed by atoms with van der Waals surface area (Å²) < 4.78 is 11.4. The Morgan fingerprint density at radius 2 is 1.93 bits per heavy atom. The van der Waals surface area contributed by atoms with E-state index in [4.69, 9.17) is 9.47 Å². The van der Waals surface area contributed by atoms with Gasteiger partial charge in [0.05, 0.1) is 25.9 Å². The number of hydrogen-bond donors (Lipinski definition) is 1. The summed E-state index contributed by atoms with van der Waals surface area (Å²) >= 11 is 0. The largest absolute Gasteiger partial charge is 0.453 e. The van der Waals surface area contributed by atoms with Crippen LogP contribution in [0.15, 0.2) is 42.6 Å². The highest BCUT2D eigenvalue weighted by molar-refractivity contribution is 5.68. The van der Waals surface area contributed by atoms with Crippen molar-refractivity contribution in [3.63, 3.8) is 0 Å². The van der Waals surface area contributed by atoms with Gasteiger partial charge in [0.25, 0.3) is 0 Å². The van der Waals surface area contributed by atoms with E-state index in [0.717, 1.165) is 44.2 Å². The molecule has 0 bridgehead atoms. The average molecular weight is 398 g/mol. The van der Waals surface area contributed by atoms with E-state index in [1.54, 1.807) is 6.20 Å². The maximum atomic E-state index is 12.4. The first kappa shape index (κ1) is 20.0. The van der Waals surface area contributed by atoms with Crippen LogP contribution in [0.1, 0.15) is 61.6 Å². The third-order valence-electron chi connectivity index (χ3n) is 6.56. The summed E-state index contributed by atoms with van der Waals surface area (Å²) in [6, 6.07) is 12.8. The van der Waals surface area contributed by atoms with Crippen LogP contribution < -0.4 is 0 Å². The van der Waals surface area contributed by atoms with Crippen molar-refractivity contribution in [3.8, 4) is 0 Å². The van der Waals surface area contributed by atoms with Crippen molar-refractivity contribution in [2.24, 2.45) is 0 Å². The van der Waals surface area contributed by atoms with E-state index >= 15 is 0 Å². The van der Waals surface area contributed by atoms with Crippen LogP contribution in [-0.4, -0.2) is 53.6 Å². The zero-order valence-corrected chi connectivity index (χ0v) is 17.1. The molecule has 0 spiro atoms. The fraction of sp³-hybridized carbons (Fsp3) is 0.565. The molecular weight excluding hydrogens is 366 g/mol. The maximum absolute atomic E-state index is 12.4. The van der Waals surface area contributed by atoms with E-state index in [1.165, 1.54) is 12.7 Å². The number of rotatable bonds is 5. The van der Waals surface area contributed by atoms with Crippen molar-refractivity contribution in [2.45, 2.75) is 62.5 Å². The molecule has 2 heterocycles. The fourth-order valence-electron chi connectivity index (χ4n) is 4.97. The van der Waals surface area contributed by atoms with Crippen LogP contribution in [0.2, 0.25) is 0 Å². The number of H-pyrrole nitrogens is 1. The third-order valence-corrected chi connectivity index (χ3v) is 6.56. The summed E-state index contributed by atoms with van der Waals surface area (Å²) in [5.74, 6) is 0.834. The third kappa shape index (κ3) is 4.64. The lowest BCUT2D eigenvalue weighted by atomic mass is 9.82. The summed E-state index contributed by atoms with van der Waals surface area (Å²) in [4.78, 5) is 14.2. The lowest BCUT2D eigenvalue weighted by Crippen LogP contribution is -2.50. The number of carbonyl (C=O) groups is 1. The number of piperidine rings is 1. The number of amides is 1. The summed E-state index contributed by atoms with van der Waals surface area (Å²) in [7, 11) is 1.45. The smallest absolute Gasteiger partial charge is 0.409 e. The average Bonchev–Trinajstić information content (AvgIpc) is 3.32. The first-order valence-corrected chi connectivity index (χ1v) is 10.8. The van der Waals surface area contributed by atoms with Crippen LogP contribution in [0.4, 0.5) is 4.79 Å². The number of nitrogens with one attached hydrogen (secondary N) is 1. The van der Waals surface area contributed by atoms with Crippen LogP contribution >= 0.6 is 0 Å². The predicted molar refractivity (Wildman–Crippen MR) is 111 cm³/mol. The van der Waals surface area contributed by atoms with Gasteiger partial charge in [0.15, 0.2) is 0 Å². The number of carbonyl (C=O) groups excluding carboxylic acids is 1. The van der Waals surface area contributed by atoms with Crippen molar-refractivity contribution in [3.05, 3.63) is 53.9 Å². The summed E-state index contributed by atoms with van der Waals surface area (Å²) in [5.41, 5.74) is 2.51. The first-order chi connectivity index (χ1) is 14.3. The molecule has 156 valence electrons. The Morgan fingerprint density at radius 1 is 1.14 bits per heavy atom. The lowest BCUT2D eigenvalue weighted by molar-refractivity contribution is -0.0242. The highest BCUT2D eigenvalue weighted by Crippen LogP contribution is 2.36. The van der Waals surface area contributed by atoms with Gasteiger partial charge < -0.3 is 14.4 Å². The van der Waals surface area contributed by atoms with Gasteiger partial charge in [-0.1, -0.05) is 30.3 Å². The molecule has 1 aromatic heterocycles.